The fourth-order valence-electron chi connectivity index (χ4n) is 2.33. The Morgan fingerprint density at radius 3 is 2.67 bits per heavy atom. The normalized spacial score (nSPS) is 12.8. The quantitative estimate of drug-likeness (QED) is 0.882. The molecule has 130 valence electrons. The smallest absolute Gasteiger partial charge is 0.137 e. The zero-order chi connectivity index (χ0) is 17.7. The number of halogens is 1. The van der Waals surface area contributed by atoms with Gasteiger partial charge in [-0.05, 0) is 35.2 Å². The van der Waals surface area contributed by atoms with Crippen LogP contribution >= 0.6 is 0 Å². The van der Waals surface area contributed by atoms with Crippen LogP contribution in [0.15, 0.2) is 42.7 Å². The van der Waals surface area contributed by atoms with E-state index in [9.17, 15) is 4.39 Å². The van der Waals surface area contributed by atoms with Gasteiger partial charge in [0.15, 0.2) is 0 Å². The molecule has 0 unspecified atom stereocenters. The van der Waals surface area contributed by atoms with E-state index in [1.54, 1.807) is 12.3 Å². The number of pyridine rings is 1. The Morgan fingerprint density at radius 2 is 2.00 bits per heavy atom. The van der Waals surface area contributed by atoms with Gasteiger partial charge in [-0.2, -0.15) is 0 Å². The lowest BCUT2D eigenvalue weighted by Crippen LogP contribution is -2.39. The van der Waals surface area contributed by atoms with Crippen LogP contribution < -0.4 is 15.4 Å². The first-order valence-electron chi connectivity index (χ1n) is 8.06. The van der Waals surface area contributed by atoms with Crippen molar-refractivity contribution >= 4 is 5.69 Å². The highest BCUT2D eigenvalue weighted by atomic mass is 19.1. The monoisotopic (exact) mass is 331 g/mol. The van der Waals surface area contributed by atoms with E-state index in [4.69, 9.17) is 10.5 Å². The molecule has 0 spiro atoms. The summed E-state index contributed by atoms with van der Waals surface area (Å²) in [6.45, 7) is 7.33. The predicted octanol–water partition coefficient (Wildman–Crippen LogP) is 3.36. The number of hydrogen-bond acceptors (Lipinski definition) is 4. The summed E-state index contributed by atoms with van der Waals surface area (Å²) in [5.74, 6) is 0.459. The Morgan fingerprint density at radius 1 is 1.25 bits per heavy atom. The van der Waals surface area contributed by atoms with Crippen molar-refractivity contribution in [2.75, 3.05) is 25.1 Å². The Hall–Kier alpha value is -2.14. The molecule has 1 heterocycles. The molecule has 0 saturated heterocycles. The summed E-state index contributed by atoms with van der Waals surface area (Å²) < 4.78 is 19.1. The Kier molecular flexibility index (Phi) is 5.78. The van der Waals surface area contributed by atoms with Crippen molar-refractivity contribution in [3.8, 4) is 5.75 Å². The van der Waals surface area contributed by atoms with Crippen LogP contribution in [0.5, 0.6) is 5.75 Å². The zero-order valence-corrected chi connectivity index (χ0v) is 14.8. The maximum absolute atomic E-state index is 13.3. The Bertz CT molecular complexity index is 670. The van der Waals surface area contributed by atoms with Crippen LogP contribution in [0, 0.1) is 5.82 Å². The van der Waals surface area contributed by atoms with E-state index >= 15 is 0 Å². The van der Waals surface area contributed by atoms with Crippen LogP contribution in [-0.2, 0) is 5.41 Å². The molecule has 0 aliphatic carbocycles. The maximum atomic E-state index is 13.3. The lowest BCUT2D eigenvalue weighted by molar-refractivity contribution is 0.288. The molecule has 4 nitrogen and oxygen atoms in total. The number of aromatic nitrogens is 1. The number of nitrogens with zero attached hydrogens (tertiary/aromatic N) is 2. The average molecular weight is 331 g/mol. The summed E-state index contributed by atoms with van der Waals surface area (Å²) in [5.41, 5.74) is 8.07. The molecule has 2 rings (SSSR count). The van der Waals surface area contributed by atoms with Gasteiger partial charge in [0.2, 0.25) is 0 Å². The third-order valence-corrected chi connectivity index (χ3v) is 3.80. The standard InChI is InChI=1S/C19H26FN3O/c1-19(2,3)14-8-18(11-22-10-14)24-13-16(21)12-23(4)17-7-5-6-15(20)9-17/h5-11,16H,12-13,21H2,1-4H3/t16-/m0/s1. The predicted molar refractivity (Wildman–Crippen MR) is 96.1 cm³/mol. The van der Waals surface area contributed by atoms with Crippen molar-refractivity contribution in [1.82, 2.24) is 4.98 Å². The molecule has 0 bridgehead atoms. The number of nitrogens with two attached hydrogens (primary N) is 1. The van der Waals surface area contributed by atoms with E-state index in [1.807, 2.05) is 30.3 Å². The van der Waals surface area contributed by atoms with Crippen LogP contribution in [0.25, 0.3) is 0 Å². The first-order chi connectivity index (χ1) is 11.3. The number of anilines is 1. The number of ether oxygens (including phenoxy) is 1. The van der Waals surface area contributed by atoms with Crippen molar-refractivity contribution < 1.29 is 9.13 Å². The van der Waals surface area contributed by atoms with Crippen molar-refractivity contribution in [2.24, 2.45) is 5.73 Å². The molecular weight excluding hydrogens is 305 g/mol. The lowest BCUT2D eigenvalue weighted by atomic mass is 9.88. The van der Waals surface area contributed by atoms with Gasteiger partial charge in [0.05, 0.1) is 12.2 Å². The zero-order valence-electron chi connectivity index (χ0n) is 14.8. The van der Waals surface area contributed by atoms with Crippen LogP contribution in [0.4, 0.5) is 10.1 Å². The van der Waals surface area contributed by atoms with Gasteiger partial charge in [-0.1, -0.05) is 26.8 Å². The average Bonchev–Trinajstić information content (AvgIpc) is 2.52. The second-order valence-corrected chi connectivity index (χ2v) is 7.09. The molecule has 24 heavy (non-hydrogen) atoms. The summed E-state index contributed by atoms with van der Waals surface area (Å²) in [4.78, 5) is 6.15. The second-order valence-electron chi connectivity index (χ2n) is 7.09. The van der Waals surface area contributed by atoms with Gasteiger partial charge >= 0.3 is 0 Å². The van der Waals surface area contributed by atoms with E-state index in [1.165, 1.54) is 12.1 Å². The van der Waals surface area contributed by atoms with E-state index in [2.05, 4.69) is 25.8 Å². The molecule has 0 aliphatic heterocycles. The molecule has 0 saturated carbocycles. The van der Waals surface area contributed by atoms with E-state index in [-0.39, 0.29) is 17.3 Å². The molecule has 2 aromatic rings. The molecule has 0 aliphatic rings. The topological polar surface area (TPSA) is 51.4 Å². The number of likely N-dealkylation sites (N-methyl/N-ethyl adjacent to an activating group) is 1. The van der Waals surface area contributed by atoms with Gasteiger partial charge in [0.1, 0.15) is 18.2 Å². The molecule has 5 heteroatoms. The summed E-state index contributed by atoms with van der Waals surface area (Å²) in [5, 5.41) is 0. The molecule has 0 radical (unpaired) electrons. The molecule has 1 aromatic heterocycles. The van der Waals surface area contributed by atoms with Crippen molar-refractivity contribution in [3.05, 3.63) is 54.1 Å². The molecule has 2 N–H and O–H groups in total. The third kappa shape index (κ3) is 5.20. The highest BCUT2D eigenvalue weighted by molar-refractivity contribution is 5.45. The van der Waals surface area contributed by atoms with Gasteiger partial charge < -0.3 is 15.4 Å². The van der Waals surface area contributed by atoms with Gasteiger partial charge in [0, 0.05) is 25.5 Å². The highest BCUT2D eigenvalue weighted by Gasteiger charge is 2.15. The molecule has 0 fully saturated rings. The van der Waals surface area contributed by atoms with Crippen LogP contribution in [-0.4, -0.2) is 31.2 Å². The van der Waals surface area contributed by atoms with Gasteiger partial charge in [-0.3, -0.25) is 4.98 Å². The molecule has 1 aromatic carbocycles. The maximum Gasteiger partial charge on any atom is 0.137 e. The van der Waals surface area contributed by atoms with Gasteiger partial charge in [0.25, 0.3) is 0 Å². The summed E-state index contributed by atoms with van der Waals surface area (Å²) >= 11 is 0. The first-order valence-corrected chi connectivity index (χ1v) is 8.06. The molecule has 1 atom stereocenters. The van der Waals surface area contributed by atoms with E-state index < -0.39 is 0 Å². The van der Waals surface area contributed by atoms with Crippen molar-refractivity contribution in [3.63, 3.8) is 0 Å². The lowest BCUT2D eigenvalue weighted by Gasteiger charge is -2.24. The summed E-state index contributed by atoms with van der Waals surface area (Å²) in [6, 6.07) is 8.26. The fraction of sp³-hybridized carbons (Fsp3) is 0.421. The van der Waals surface area contributed by atoms with Crippen LogP contribution in [0.1, 0.15) is 26.3 Å². The first kappa shape index (κ1) is 18.2. The number of rotatable bonds is 6. The SMILES string of the molecule is CN(C[C@H](N)COc1cncc(C(C)(C)C)c1)c1cccc(F)c1. The van der Waals surface area contributed by atoms with Crippen LogP contribution in [0.3, 0.4) is 0 Å². The largest absolute Gasteiger partial charge is 0.490 e. The number of hydrogen-bond donors (Lipinski definition) is 1. The highest BCUT2D eigenvalue weighted by Crippen LogP contribution is 2.24. The minimum atomic E-state index is -0.255. The van der Waals surface area contributed by atoms with E-state index in [0.29, 0.717) is 18.9 Å². The van der Waals surface area contributed by atoms with E-state index in [0.717, 1.165) is 11.3 Å². The second kappa shape index (κ2) is 7.62. The van der Waals surface area contributed by atoms with Crippen LogP contribution in [0.2, 0.25) is 0 Å². The summed E-state index contributed by atoms with van der Waals surface area (Å²) in [7, 11) is 1.89. The Balaban J connectivity index is 1.90. The fourth-order valence-corrected chi connectivity index (χ4v) is 2.33. The Labute approximate surface area is 143 Å². The van der Waals surface area contributed by atoms with Gasteiger partial charge in [-0.15, -0.1) is 0 Å². The summed E-state index contributed by atoms with van der Waals surface area (Å²) in [6.07, 6.45) is 3.54. The minimum absolute atomic E-state index is 0.0199. The molecular formula is C19H26FN3O. The van der Waals surface area contributed by atoms with Gasteiger partial charge in [-0.25, -0.2) is 4.39 Å². The third-order valence-electron chi connectivity index (χ3n) is 3.80. The molecule has 0 amide bonds. The van der Waals surface area contributed by atoms with Crippen molar-refractivity contribution in [2.45, 2.75) is 32.2 Å². The van der Waals surface area contributed by atoms with Crippen molar-refractivity contribution in [1.29, 1.82) is 0 Å². The minimum Gasteiger partial charge on any atom is -0.490 e. The number of benzene rings is 1.